The van der Waals surface area contributed by atoms with Crippen LogP contribution in [0.25, 0.3) is 10.8 Å². The minimum atomic E-state index is 0.375. The minimum Gasteiger partial charge on any atom is -0.481 e. The molecule has 2 aromatic rings. The number of fused-ring (bicyclic) bond motifs is 1. The first-order chi connectivity index (χ1) is 8.31. The van der Waals surface area contributed by atoms with Crippen molar-refractivity contribution in [2.24, 2.45) is 0 Å². The molecule has 0 aliphatic carbocycles. The standard InChI is InChI=1S/C15H17NO/c1-2-17-15(16)11-10-13-8-5-7-12-6-3-4-9-14(12)13/h3-9,16H,2,10-11H2,1H3. The molecular formula is C15H17NO. The number of aryl methyl sites for hydroxylation is 1. The summed E-state index contributed by atoms with van der Waals surface area (Å²) in [6.45, 7) is 2.49. The van der Waals surface area contributed by atoms with Crippen LogP contribution in [0.2, 0.25) is 0 Å². The first kappa shape index (κ1) is 11.6. The van der Waals surface area contributed by atoms with Gasteiger partial charge in [-0.2, -0.15) is 0 Å². The second-order valence-corrected chi connectivity index (χ2v) is 3.99. The number of nitrogens with one attached hydrogen (secondary N) is 1. The zero-order valence-electron chi connectivity index (χ0n) is 10.1. The summed E-state index contributed by atoms with van der Waals surface area (Å²) in [6, 6.07) is 14.7. The summed E-state index contributed by atoms with van der Waals surface area (Å²) in [7, 11) is 0. The summed E-state index contributed by atoms with van der Waals surface area (Å²) >= 11 is 0. The molecule has 0 amide bonds. The van der Waals surface area contributed by atoms with E-state index in [2.05, 4.69) is 36.4 Å². The average Bonchev–Trinajstić information content (AvgIpc) is 2.36. The van der Waals surface area contributed by atoms with Gasteiger partial charge in [-0.25, -0.2) is 0 Å². The molecule has 0 radical (unpaired) electrons. The van der Waals surface area contributed by atoms with Gasteiger partial charge in [0.1, 0.15) is 0 Å². The van der Waals surface area contributed by atoms with Crippen molar-refractivity contribution in [2.45, 2.75) is 19.8 Å². The van der Waals surface area contributed by atoms with Gasteiger partial charge in [0.2, 0.25) is 0 Å². The maximum absolute atomic E-state index is 7.62. The number of ether oxygens (including phenoxy) is 1. The first-order valence-corrected chi connectivity index (χ1v) is 5.98. The summed E-state index contributed by atoms with van der Waals surface area (Å²) in [4.78, 5) is 0. The van der Waals surface area contributed by atoms with Crippen molar-refractivity contribution in [1.29, 1.82) is 5.41 Å². The highest BCUT2D eigenvalue weighted by Gasteiger charge is 2.02. The minimum absolute atomic E-state index is 0.375. The van der Waals surface area contributed by atoms with Crippen LogP contribution in [0, 0.1) is 5.41 Å². The van der Waals surface area contributed by atoms with Crippen LogP contribution in [0.5, 0.6) is 0 Å². The third kappa shape index (κ3) is 2.84. The molecule has 0 aliphatic heterocycles. The molecular weight excluding hydrogens is 210 g/mol. The average molecular weight is 227 g/mol. The summed E-state index contributed by atoms with van der Waals surface area (Å²) in [5, 5.41) is 10.2. The quantitative estimate of drug-likeness (QED) is 0.625. The van der Waals surface area contributed by atoms with Gasteiger partial charge in [0.15, 0.2) is 5.90 Å². The van der Waals surface area contributed by atoms with Gasteiger partial charge in [0, 0.05) is 6.42 Å². The van der Waals surface area contributed by atoms with E-state index in [1.54, 1.807) is 0 Å². The molecule has 2 heteroatoms. The van der Waals surface area contributed by atoms with Crippen molar-refractivity contribution in [3.63, 3.8) is 0 Å². The highest BCUT2D eigenvalue weighted by molar-refractivity contribution is 5.86. The van der Waals surface area contributed by atoms with Crippen molar-refractivity contribution < 1.29 is 4.74 Å². The second-order valence-electron chi connectivity index (χ2n) is 3.99. The van der Waals surface area contributed by atoms with E-state index in [0.717, 1.165) is 6.42 Å². The fraction of sp³-hybridized carbons (Fsp3) is 0.267. The Hall–Kier alpha value is -1.83. The Morgan fingerprint density at radius 2 is 1.88 bits per heavy atom. The van der Waals surface area contributed by atoms with E-state index < -0.39 is 0 Å². The van der Waals surface area contributed by atoms with Gasteiger partial charge in [-0.3, -0.25) is 5.41 Å². The zero-order chi connectivity index (χ0) is 12.1. The molecule has 88 valence electrons. The van der Waals surface area contributed by atoms with Crippen LogP contribution < -0.4 is 0 Å². The van der Waals surface area contributed by atoms with Gasteiger partial charge >= 0.3 is 0 Å². The van der Waals surface area contributed by atoms with Gasteiger partial charge in [0.25, 0.3) is 0 Å². The summed E-state index contributed by atoms with van der Waals surface area (Å²) in [5.41, 5.74) is 1.28. The Labute approximate surface area is 102 Å². The maximum Gasteiger partial charge on any atom is 0.180 e. The van der Waals surface area contributed by atoms with E-state index in [-0.39, 0.29) is 0 Å². The molecule has 0 saturated carbocycles. The van der Waals surface area contributed by atoms with Gasteiger partial charge in [-0.05, 0) is 29.7 Å². The summed E-state index contributed by atoms with van der Waals surface area (Å²) in [6.07, 6.45) is 1.53. The monoisotopic (exact) mass is 227 g/mol. The van der Waals surface area contributed by atoms with Gasteiger partial charge in [-0.1, -0.05) is 42.5 Å². The van der Waals surface area contributed by atoms with Crippen molar-refractivity contribution in [1.82, 2.24) is 0 Å². The lowest BCUT2D eigenvalue weighted by atomic mass is 10.0. The number of benzene rings is 2. The Kier molecular flexibility index (Phi) is 3.76. The van der Waals surface area contributed by atoms with Crippen LogP contribution >= 0.6 is 0 Å². The van der Waals surface area contributed by atoms with Crippen LogP contribution in [0.4, 0.5) is 0 Å². The lowest BCUT2D eigenvalue weighted by Crippen LogP contribution is -2.04. The maximum atomic E-state index is 7.62. The van der Waals surface area contributed by atoms with Crippen LogP contribution in [0.1, 0.15) is 18.9 Å². The van der Waals surface area contributed by atoms with Crippen LogP contribution in [0.3, 0.4) is 0 Å². The molecule has 2 nitrogen and oxygen atoms in total. The molecule has 0 bridgehead atoms. The highest BCUT2D eigenvalue weighted by Crippen LogP contribution is 2.19. The third-order valence-corrected chi connectivity index (χ3v) is 2.82. The van der Waals surface area contributed by atoms with Crippen molar-refractivity contribution in [3.05, 3.63) is 48.0 Å². The lowest BCUT2D eigenvalue weighted by molar-refractivity contribution is 0.314. The van der Waals surface area contributed by atoms with Crippen LogP contribution in [0.15, 0.2) is 42.5 Å². The Morgan fingerprint density at radius 1 is 1.12 bits per heavy atom. The molecule has 1 N–H and O–H groups in total. The number of hydrogen-bond donors (Lipinski definition) is 1. The molecule has 2 rings (SSSR count). The molecule has 0 heterocycles. The Balaban J connectivity index is 2.16. The normalized spacial score (nSPS) is 10.4. The van der Waals surface area contributed by atoms with E-state index in [1.807, 2.05) is 13.0 Å². The predicted molar refractivity (Wildman–Crippen MR) is 71.6 cm³/mol. The molecule has 2 aromatic carbocycles. The smallest absolute Gasteiger partial charge is 0.180 e. The largest absolute Gasteiger partial charge is 0.481 e. The zero-order valence-corrected chi connectivity index (χ0v) is 10.1. The predicted octanol–water partition coefficient (Wildman–Crippen LogP) is 3.79. The van der Waals surface area contributed by atoms with Crippen molar-refractivity contribution in [3.8, 4) is 0 Å². The van der Waals surface area contributed by atoms with E-state index in [0.29, 0.717) is 18.9 Å². The fourth-order valence-corrected chi connectivity index (χ4v) is 2.01. The topological polar surface area (TPSA) is 33.1 Å². The highest BCUT2D eigenvalue weighted by atomic mass is 16.5. The Morgan fingerprint density at radius 3 is 2.71 bits per heavy atom. The third-order valence-electron chi connectivity index (χ3n) is 2.82. The van der Waals surface area contributed by atoms with E-state index in [1.165, 1.54) is 16.3 Å². The second kappa shape index (κ2) is 5.48. The molecule has 0 aliphatic rings. The first-order valence-electron chi connectivity index (χ1n) is 5.98. The van der Waals surface area contributed by atoms with Gasteiger partial charge in [0.05, 0.1) is 6.61 Å². The van der Waals surface area contributed by atoms with E-state index in [4.69, 9.17) is 10.1 Å². The van der Waals surface area contributed by atoms with Crippen molar-refractivity contribution in [2.75, 3.05) is 6.61 Å². The van der Waals surface area contributed by atoms with Crippen molar-refractivity contribution >= 4 is 16.7 Å². The number of rotatable bonds is 4. The summed E-state index contributed by atoms with van der Waals surface area (Å²) in [5.74, 6) is 0.375. The summed E-state index contributed by atoms with van der Waals surface area (Å²) < 4.78 is 5.16. The van der Waals surface area contributed by atoms with Gasteiger partial charge < -0.3 is 4.74 Å². The van der Waals surface area contributed by atoms with Gasteiger partial charge in [-0.15, -0.1) is 0 Å². The molecule has 0 saturated heterocycles. The molecule has 0 atom stereocenters. The van der Waals surface area contributed by atoms with Crippen LogP contribution in [-0.2, 0) is 11.2 Å². The molecule has 17 heavy (non-hydrogen) atoms. The van der Waals surface area contributed by atoms with E-state index in [9.17, 15) is 0 Å². The van der Waals surface area contributed by atoms with Crippen LogP contribution in [-0.4, -0.2) is 12.5 Å². The molecule has 0 spiro atoms. The fourth-order valence-electron chi connectivity index (χ4n) is 2.01. The Bertz CT molecular complexity index is 514. The molecule has 0 aromatic heterocycles. The molecule has 0 fully saturated rings. The van der Waals surface area contributed by atoms with E-state index >= 15 is 0 Å². The lowest BCUT2D eigenvalue weighted by Gasteiger charge is -2.07. The SMILES string of the molecule is CCOC(=N)CCc1cccc2ccccc12. The number of hydrogen-bond acceptors (Lipinski definition) is 2. The molecule has 0 unspecified atom stereocenters.